The molecule has 0 saturated carbocycles. The van der Waals surface area contributed by atoms with Gasteiger partial charge in [-0.1, -0.05) is 13.0 Å². The number of hydrogen-bond acceptors (Lipinski definition) is 3. The quantitative estimate of drug-likeness (QED) is 0.819. The van der Waals surface area contributed by atoms with Crippen LogP contribution in [0.3, 0.4) is 0 Å². The van der Waals surface area contributed by atoms with Crippen molar-refractivity contribution in [3.8, 4) is 11.5 Å². The predicted octanol–water partition coefficient (Wildman–Crippen LogP) is 4.05. The van der Waals surface area contributed by atoms with Gasteiger partial charge >= 0.3 is 0 Å². The highest BCUT2D eigenvalue weighted by Crippen LogP contribution is 2.27. The highest BCUT2D eigenvalue weighted by atomic mass is 16.5. The second kappa shape index (κ2) is 6.98. The zero-order chi connectivity index (χ0) is 16.1. The molecule has 0 heterocycles. The molecule has 0 aromatic heterocycles. The fourth-order valence-electron chi connectivity index (χ4n) is 2.04. The summed E-state index contributed by atoms with van der Waals surface area (Å²) in [7, 11) is 0. The minimum atomic E-state index is -0.277. The molecule has 0 aliphatic rings. The number of nitrogens with one attached hydrogen (secondary N) is 1. The Morgan fingerprint density at radius 2 is 1.91 bits per heavy atom. The fraction of sp³-hybridized carbons (Fsp3) is 0.278. The van der Waals surface area contributed by atoms with Crippen molar-refractivity contribution >= 4 is 11.6 Å². The van der Waals surface area contributed by atoms with Crippen LogP contribution in [0.15, 0.2) is 36.4 Å². The Kier molecular flexibility index (Phi) is 5.04. The first-order valence-electron chi connectivity index (χ1n) is 7.35. The third-order valence-electron chi connectivity index (χ3n) is 3.43. The number of rotatable bonds is 5. The zero-order valence-electron chi connectivity index (χ0n) is 13.1. The second-order valence-corrected chi connectivity index (χ2v) is 5.28. The lowest BCUT2D eigenvalue weighted by Gasteiger charge is -2.11. The van der Waals surface area contributed by atoms with Gasteiger partial charge in [0.1, 0.15) is 11.5 Å². The van der Waals surface area contributed by atoms with Gasteiger partial charge in [0.05, 0.1) is 12.3 Å². The summed E-state index contributed by atoms with van der Waals surface area (Å²) in [5, 5.41) is 12.7. The SMILES string of the molecule is CCCOc1cccc(C(=O)Nc2cc(C)c(C)cc2O)c1. The summed E-state index contributed by atoms with van der Waals surface area (Å²) >= 11 is 0. The molecule has 0 radical (unpaired) electrons. The minimum Gasteiger partial charge on any atom is -0.506 e. The Bertz CT molecular complexity index is 680. The van der Waals surface area contributed by atoms with E-state index in [-0.39, 0.29) is 11.7 Å². The van der Waals surface area contributed by atoms with E-state index in [9.17, 15) is 9.90 Å². The van der Waals surface area contributed by atoms with Crippen molar-refractivity contribution in [3.63, 3.8) is 0 Å². The van der Waals surface area contributed by atoms with Crippen LogP contribution in [0.1, 0.15) is 34.8 Å². The molecule has 2 N–H and O–H groups in total. The Labute approximate surface area is 130 Å². The van der Waals surface area contributed by atoms with Gasteiger partial charge < -0.3 is 15.2 Å². The molecule has 0 bridgehead atoms. The lowest BCUT2D eigenvalue weighted by atomic mass is 10.1. The maximum atomic E-state index is 12.3. The normalized spacial score (nSPS) is 10.3. The van der Waals surface area contributed by atoms with Crippen LogP contribution in [-0.4, -0.2) is 17.6 Å². The maximum Gasteiger partial charge on any atom is 0.255 e. The van der Waals surface area contributed by atoms with Gasteiger partial charge in [0, 0.05) is 5.56 Å². The number of aryl methyl sites for hydroxylation is 2. The summed E-state index contributed by atoms with van der Waals surface area (Å²) in [6, 6.07) is 10.4. The third kappa shape index (κ3) is 3.79. The van der Waals surface area contributed by atoms with Gasteiger partial charge in [0.2, 0.25) is 0 Å². The molecule has 4 heteroatoms. The molecule has 2 aromatic rings. The van der Waals surface area contributed by atoms with E-state index >= 15 is 0 Å². The molecule has 2 aromatic carbocycles. The molecule has 0 unspecified atom stereocenters. The fourth-order valence-corrected chi connectivity index (χ4v) is 2.04. The van der Waals surface area contributed by atoms with Crippen molar-refractivity contribution in [3.05, 3.63) is 53.1 Å². The molecule has 0 aliphatic carbocycles. The number of hydrogen-bond donors (Lipinski definition) is 2. The number of ether oxygens (including phenoxy) is 1. The van der Waals surface area contributed by atoms with E-state index in [0.717, 1.165) is 17.5 Å². The van der Waals surface area contributed by atoms with Gasteiger partial charge in [0.25, 0.3) is 5.91 Å². The smallest absolute Gasteiger partial charge is 0.255 e. The van der Waals surface area contributed by atoms with Crippen LogP contribution in [0.25, 0.3) is 0 Å². The maximum absolute atomic E-state index is 12.3. The molecule has 0 spiro atoms. The largest absolute Gasteiger partial charge is 0.506 e. The molecule has 0 aliphatic heterocycles. The Hall–Kier alpha value is -2.49. The molecule has 4 nitrogen and oxygen atoms in total. The van der Waals surface area contributed by atoms with Crippen LogP contribution in [0.5, 0.6) is 11.5 Å². The highest BCUT2D eigenvalue weighted by Gasteiger charge is 2.11. The number of phenols is 1. The van der Waals surface area contributed by atoms with Crippen molar-refractivity contribution in [2.45, 2.75) is 27.2 Å². The zero-order valence-corrected chi connectivity index (χ0v) is 13.1. The number of phenolic OH excluding ortho intramolecular Hbond substituents is 1. The first-order chi connectivity index (χ1) is 10.5. The summed E-state index contributed by atoms with van der Waals surface area (Å²) < 4.78 is 5.53. The van der Waals surface area contributed by atoms with Crippen LogP contribution in [-0.2, 0) is 0 Å². The minimum absolute atomic E-state index is 0.0647. The molecule has 0 fully saturated rings. The number of aromatic hydroxyl groups is 1. The molecule has 22 heavy (non-hydrogen) atoms. The van der Waals surface area contributed by atoms with Crippen LogP contribution in [0.4, 0.5) is 5.69 Å². The topological polar surface area (TPSA) is 58.6 Å². The average Bonchev–Trinajstić information content (AvgIpc) is 2.50. The Morgan fingerprint density at radius 3 is 2.64 bits per heavy atom. The van der Waals surface area contributed by atoms with Crippen LogP contribution >= 0.6 is 0 Å². The standard InChI is InChI=1S/C18H21NO3/c1-4-8-22-15-7-5-6-14(11-15)18(21)19-16-9-12(2)13(3)10-17(16)20/h5-7,9-11,20H,4,8H2,1-3H3,(H,19,21). The Balaban J connectivity index is 2.17. The summed E-state index contributed by atoms with van der Waals surface area (Å²) in [4.78, 5) is 12.3. The van der Waals surface area contributed by atoms with Crippen molar-refractivity contribution in [1.29, 1.82) is 0 Å². The Morgan fingerprint density at radius 1 is 1.18 bits per heavy atom. The summed E-state index contributed by atoms with van der Waals surface area (Å²) in [5.74, 6) is 0.453. The van der Waals surface area contributed by atoms with Crippen LogP contribution in [0, 0.1) is 13.8 Å². The van der Waals surface area contributed by atoms with Crippen molar-refractivity contribution in [2.75, 3.05) is 11.9 Å². The second-order valence-electron chi connectivity index (χ2n) is 5.28. The lowest BCUT2D eigenvalue weighted by Crippen LogP contribution is -2.12. The van der Waals surface area contributed by atoms with Gasteiger partial charge in [-0.05, 0) is 61.7 Å². The van der Waals surface area contributed by atoms with E-state index in [4.69, 9.17) is 4.74 Å². The molecular formula is C18H21NO3. The van der Waals surface area contributed by atoms with Gasteiger partial charge in [-0.2, -0.15) is 0 Å². The molecular weight excluding hydrogens is 278 g/mol. The summed E-state index contributed by atoms with van der Waals surface area (Å²) in [6.45, 7) is 6.49. The van der Waals surface area contributed by atoms with E-state index in [1.807, 2.05) is 26.8 Å². The number of benzene rings is 2. The highest BCUT2D eigenvalue weighted by molar-refractivity contribution is 6.05. The number of carbonyl (C=O) groups is 1. The lowest BCUT2D eigenvalue weighted by molar-refractivity contribution is 0.102. The third-order valence-corrected chi connectivity index (χ3v) is 3.43. The van der Waals surface area contributed by atoms with E-state index in [1.165, 1.54) is 0 Å². The number of carbonyl (C=O) groups excluding carboxylic acids is 1. The molecule has 1 amide bonds. The molecule has 0 saturated heterocycles. The summed E-state index contributed by atoms with van der Waals surface area (Å²) in [6.07, 6.45) is 0.910. The van der Waals surface area contributed by atoms with Crippen LogP contribution < -0.4 is 10.1 Å². The van der Waals surface area contributed by atoms with E-state index in [1.54, 1.807) is 30.3 Å². The number of amides is 1. The molecule has 116 valence electrons. The van der Waals surface area contributed by atoms with E-state index in [2.05, 4.69) is 5.32 Å². The summed E-state index contributed by atoms with van der Waals surface area (Å²) in [5.41, 5.74) is 2.89. The number of anilines is 1. The van der Waals surface area contributed by atoms with Crippen molar-refractivity contribution in [2.24, 2.45) is 0 Å². The average molecular weight is 299 g/mol. The molecule has 2 rings (SSSR count). The van der Waals surface area contributed by atoms with E-state index < -0.39 is 0 Å². The van der Waals surface area contributed by atoms with Gasteiger partial charge in [-0.15, -0.1) is 0 Å². The first kappa shape index (κ1) is 15.9. The molecule has 0 atom stereocenters. The van der Waals surface area contributed by atoms with Gasteiger partial charge in [-0.25, -0.2) is 0 Å². The van der Waals surface area contributed by atoms with E-state index in [0.29, 0.717) is 23.6 Å². The van der Waals surface area contributed by atoms with Gasteiger partial charge in [0.15, 0.2) is 0 Å². The van der Waals surface area contributed by atoms with Gasteiger partial charge in [-0.3, -0.25) is 4.79 Å². The van der Waals surface area contributed by atoms with Crippen molar-refractivity contribution in [1.82, 2.24) is 0 Å². The first-order valence-corrected chi connectivity index (χ1v) is 7.35. The van der Waals surface area contributed by atoms with Crippen molar-refractivity contribution < 1.29 is 14.6 Å². The van der Waals surface area contributed by atoms with Crippen LogP contribution in [0.2, 0.25) is 0 Å². The predicted molar refractivity (Wildman–Crippen MR) is 87.8 cm³/mol. The monoisotopic (exact) mass is 299 g/mol.